The maximum Gasteiger partial charge on any atom is 0.271 e. The predicted octanol–water partition coefficient (Wildman–Crippen LogP) is 0.116. The molecule has 2 amide bonds. The van der Waals surface area contributed by atoms with Crippen LogP contribution in [0, 0.1) is 0 Å². The molecule has 0 aliphatic carbocycles. The zero-order valence-electron chi connectivity index (χ0n) is 10.3. The second kappa shape index (κ2) is 4.51. The molecule has 19 heavy (non-hydrogen) atoms. The summed E-state index contributed by atoms with van der Waals surface area (Å²) in [6.45, 7) is 0.670. The molecular formula is C14H14N2O3. The highest BCUT2D eigenvalue weighted by molar-refractivity contribution is 6.03. The molecule has 2 aliphatic rings. The Morgan fingerprint density at radius 3 is 2.68 bits per heavy atom. The largest absolute Gasteiger partial charge is 0.387 e. The van der Waals surface area contributed by atoms with Crippen molar-refractivity contribution < 1.29 is 14.7 Å². The van der Waals surface area contributed by atoms with Crippen molar-refractivity contribution in [2.24, 2.45) is 0 Å². The molecule has 2 aliphatic heterocycles. The van der Waals surface area contributed by atoms with Gasteiger partial charge in [0.1, 0.15) is 12.2 Å². The van der Waals surface area contributed by atoms with E-state index in [9.17, 15) is 14.7 Å². The summed E-state index contributed by atoms with van der Waals surface area (Å²) in [6.07, 6.45) is 0.719. The quantitative estimate of drug-likeness (QED) is 0.819. The van der Waals surface area contributed by atoms with Gasteiger partial charge < -0.3 is 14.9 Å². The van der Waals surface area contributed by atoms with Gasteiger partial charge in [0.2, 0.25) is 5.91 Å². The SMILES string of the molecule is O=C1C2=C[C@H](O)CN2C(=O)CN1Cc1ccccc1. The van der Waals surface area contributed by atoms with Crippen molar-refractivity contribution >= 4 is 11.8 Å². The number of aliphatic hydroxyl groups is 1. The van der Waals surface area contributed by atoms with E-state index in [0.717, 1.165) is 5.56 Å². The molecule has 0 spiro atoms. The van der Waals surface area contributed by atoms with E-state index >= 15 is 0 Å². The van der Waals surface area contributed by atoms with Gasteiger partial charge in [-0.05, 0) is 11.6 Å². The fourth-order valence-corrected chi connectivity index (χ4v) is 2.45. The van der Waals surface area contributed by atoms with E-state index in [1.54, 1.807) is 0 Å². The van der Waals surface area contributed by atoms with Crippen LogP contribution in [0.2, 0.25) is 0 Å². The first-order valence-corrected chi connectivity index (χ1v) is 6.18. The van der Waals surface area contributed by atoms with Gasteiger partial charge in [0.15, 0.2) is 0 Å². The molecule has 1 saturated heterocycles. The number of benzene rings is 1. The lowest BCUT2D eigenvalue weighted by Crippen LogP contribution is -2.50. The van der Waals surface area contributed by atoms with Crippen molar-refractivity contribution in [1.29, 1.82) is 0 Å². The van der Waals surface area contributed by atoms with Crippen LogP contribution in [-0.4, -0.2) is 45.9 Å². The molecular weight excluding hydrogens is 244 g/mol. The maximum atomic E-state index is 12.3. The second-order valence-electron chi connectivity index (χ2n) is 4.77. The molecule has 1 aromatic carbocycles. The minimum Gasteiger partial charge on any atom is -0.387 e. The van der Waals surface area contributed by atoms with Gasteiger partial charge in [-0.2, -0.15) is 0 Å². The number of rotatable bonds is 2. The van der Waals surface area contributed by atoms with Crippen LogP contribution >= 0.6 is 0 Å². The van der Waals surface area contributed by atoms with Gasteiger partial charge in [0, 0.05) is 6.54 Å². The third kappa shape index (κ3) is 2.13. The Labute approximate surface area is 110 Å². The highest BCUT2D eigenvalue weighted by atomic mass is 16.3. The maximum absolute atomic E-state index is 12.3. The Balaban J connectivity index is 1.82. The highest BCUT2D eigenvalue weighted by Gasteiger charge is 2.39. The molecule has 5 nitrogen and oxygen atoms in total. The molecule has 1 fully saturated rings. The zero-order chi connectivity index (χ0) is 13.4. The first kappa shape index (κ1) is 11.9. The highest BCUT2D eigenvalue weighted by Crippen LogP contribution is 2.23. The molecule has 0 saturated carbocycles. The second-order valence-corrected chi connectivity index (χ2v) is 4.77. The van der Waals surface area contributed by atoms with E-state index in [2.05, 4.69) is 0 Å². The molecule has 2 heterocycles. The lowest BCUT2D eigenvalue weighted by atomic mass is 10.2. The predicted molar refractivity (Wildman–Crippen MR) is 67.7 cm³/mol. The standard InChI is InChI=1S/C14H14N2O3/c17-11-6-12-14(19)15(9-13(18)16(12)8-11)7-10-4-2-1-3-5-10/h1-6,11,17H,7-9H2/t11-/m0/s1. The summed E-state index contributed by atoms with van der Waals surface area (Å²) >= 11 is 0. The first-order chi connectivity index (χ1) is 9.15. The number of fused-ring (bicyclic) bond motifs is 1. The number of hydrogen-bond acceptors (Lipinski definition) is 3. The minimum absolute atomic E-state index is 0.0672. The van der Waals surface area contributed by atoms with E-state index in [1.165, 1.54) is 15.9 Å². The van der Waals surface area contributed by atoms with Gasteiger partial charge >= 0.3 is 0 Å². The molecule has 1 N–H and O–H groups in total. The van der Waals surface area contributed by atoms with Gasteiger partial charge in [-0.25, -0.2) is 0 Å². The van der Waals surface area contributed by atoms with E-state index in [4.69, 9.17) is 0 Å². The fraction of sp³-hybridized carbons (Fsp3) is 0.286. The van der Waals surface area contributed by atoms with Crippen molar-refractivity contribution in [2.45, 2.75) is 12.6 Å². The van der Waals surface area contributed by atoms with E-state index in [-0.39, 0.29) is 24.9 Å². The number of piperazine rings is 1. The first-order valence-electron chi connectivity index (χ1n) is 6.18. The Morgan fingerprint density at radius 2 is 1.95 bits per heavy atom. The number of carbonyl (C=O) groups excluding carboxylic acids is 2. The number of carbonyl (C=O) groups is 2. The van der Waals surface area contributed by atoms with Crippen molar-refractivity contribution in [3.05, 3.63) is 47.7 Å². The van der Waals surface area contributed by atoms with E-state index in [1.807, 2.05) is 30.3 Å². The zero-order valence-corrected chi connectivity index (χ0v) is 10.3. The van der Waals surface area contributed by atoms with Gasteiger partial charge in [0.05, 0.1) is 12.6 Å². The van der Waals surface area contributed by atoms with E-state index < -0.39 is 6.10 Å². The van der Waals surface area contributed by atoms with Gasteiger partial charge in [-0.1, -0.05) is 30.3 Å². The molecule has 1 aromatic rings. The van der Waals surface area contributed by atoms with Crippen LogP contribution in [0.3, 0.4) is 0 Å². The molecule has 0 radical (unpaired) electrons. The van der Waals surface area contributed by atoms with Crippen LogP contribution in [0.1, 0.15) is 5.56 Å². The van der Waals surface area contributed by atoms with Crippen molar-refractivity contribution in [3.63, 3.8) is 0 Å². The lowest BCUT2D eigenvalue weighted by molar-refractivity contribution is -0.145. The molecule has 5 heteroatoms. The molecule has 0 unspecified atom stereocenters. The molecule has 0 aromatic heterocycles. The van der Waals surface area contributed by atoms with Crippen LogP contribution in [0.4, 0.5) is 0 Å². The monoisotopic (exact) mass is 258 g/mol. The van der Waals surface area contributed by atoms with Crippen molar-refractivity contribution in [3.8, 4) is 0 Å². The number of nitrogens with zero attached hydrogens (tertiary/aromatic N) is 2. The summed E-state index contributed by atoms with van der Waals surface area (Å²) in [6, 6.07) is 9.54. The van der Waals surface area contributed by atoms with Gasteiger partial charge in [-0.3, -0.25) is 9.59 Å². The van der Waals surface area contributed by atoms with Crippen LogP contribution in [0.5, 0.6) is 0 Å². The number of hydrogen-bond donors (Lipinski definition) is 1. The third-order valence-corrected chi connectivity index (χ3v) is 3.36. The Bertz CT molecular complexity index is 553. The molecule has 0 bridgehead atoms. The third-order valence-electron chi connectivity index (χ3n) is 3.36. The fourth-order valence-electron chi connectivity index (χ4n) is 2.45. The van der Waals surface area contributed by atoms with Crippen molar-refractivity contribution in [1.82, 2.24) is 9.80 Å². The van der Waals surface area contributed by atoms with Crippen molar-refractivity contribution in [2.75, 3.05) is 13.1 Å². The van der Waals surface area contributed by atoms with Gasteiger partial charge in [0.25, 0.3) is 5.91 Å². The normalized spacial score (nSPS) is 22.6. The topological polar surface area (TPSA) is 60.9 Å². The Kier molecular flexibility index (Phi) is 2.83. The molecule has 3 rings (SSSR count). The summed E-state index contributed by atoms with van der Waals surface area (Å²) in [5.41, 5.74) is 1.29. The summed E-state index contributed by atoms with van der Waals surface area (Å²) in [5.74, 6) is -0.335. The van der Waals surface area contributed by atoms with Crippen LogP contribution in [-0.2, 0) is 16.1 Å². The van der Waals surface area contributed by atoms with Crippen LogP contribution < -0.4 is 0 Å². The Morgan fingerprint density at radius 1 is 1.21 bits per heavy atom. The Hall–Kier alpha value is -2.14. The smallest absolute Gasteiger partial charge is 0.271 e. The average Bonchev–Trinajstić information content (AvgIpc) is 2.80. The van der Waals surface area contributed by atoms with Gasteiger partial charge in [-0.15, -0.1) is 0 Å². The molecule has 98 valence electrons. The lowest BCUT2D eigenvalue weighted by Gasteiger charge is -2.33. The van der Waals surface area contributed by atoms with E-state index in [0.29, 0.717) is 12.2 Å². The van der Waals surface area contributed by atoms with Crippen LogP contribution in [0.25, 0.3) is 0 Å². The summed E-state index contributed by atoms with van der Waals surface area (Å²) < 4.78 is 0. The van der Waals surface area contributed by atoms with Crippen LogP contribution in [0.15, 0.2) is 42.1 Å². The summed E-state index contributed by atoms with van der Waals surface area (Å²) in [4.78, 5) is 27.1. The minimum atomic E-state index is -0.737. The number of aliphatic hydroxyl groups excluding tert-OH is 1. The summed E-state index contributed by atoms with van der Waals surface area (Å²) in [5, 5.41) is 9.53. The average molecular weight is 258 g/mol. The number of amides is 2. The molecule has 1 atom stereocenters. The summed E-state index contributed by atoms with van der Waals surface area (Å²) in [7, 11) is 0.